The minimum absolute atomic E-state index is 0.296. The first-order chi connectivity index (χ1) is 6.88. The number of hydrogen-bond donors (Lipinski definition) is 1. The molecule has 5 heteroatoms. The Labute approximate surface area is 92.7 Å². The molecule has 1 rings (SSSR count). The van der Waals surface area contributed by atoms with Crippen LogP contribution in [0.2, 0.25) is 0 Å². The predicted octanol–water partition coefficient (Wildman–Crippen LogP) is 0.0902. The molecule has 0 aromatic carbocycles. The molecule has 0 aromatic heterocycles. The summed E-state index contributed by atoms with van der Waals surface area (Å²) in [5.41, 5.74) is 5.92. The highest BCUT2D eigenvalue weighted by Gasteiger charge is 2.22. The van der Waals surface area contributed by atoms with Gasteiger partial charge in [0.2, 0.25) is 0 Å². The molecule has 1 saturated heterocycles. The number of hydrogen-bond acceptors (Lipinski definition) is 4. The second-order valence-corrected chi connectivity index (χ2v) is 6.97. The Hall–Kier alpha value is -0.130. The number of sulfone groups is 1. The lowest BCUT2D eigenvalue weighted by atomic mass is 9.95. The van der Waals surface area contributed by atoms with Crippen LogP contribution >= 0.6 is 0 Å². The van der Waals surface area contributed by atoms with Crippen molar-refractivity contribution in [2.45, 2.75) is 25.8 Å². The summed E-state index contributed by atoms with van der Waals surface area (Å²) in [6.45, 7) is 5.05. The molecule has 0 saturated carbocycles. The van der Waals surface area contributed by atoms with Gasteiger partial charge < -0.3 is 10.6 Å². The minimum atomic E-state index is -2.80. The van der Waals surface area contributed by atoms with Crippen molar-refractivity contribution in [1.82, 2.24) is 4.90 Å². The van der Waals surface area contributed by atoms with Gasteiger partial charge in [0.15, 0.2) is 0 Å². The third kappa shape index (κ3) is 4.95. The Balaban J connectivity index is 2.23. The maximum absolute atomic E-state index is 11.0. The summed E-state index contributed by atoms with van der Waals surface area (Å²) >= 11 is 0. The Kier molecular flexibility index (Phi) is 4.55. The van der Waals surface area contributed by atoms with Crippen molar-refractivity contribution in [3.63, 3.8) is 0 Å². The molecule has 2 N–H and O–H groups in total. The number of rotatable bonds is 4. The van der Waals surface area contributed by atoms with Crippen molar-refractivity contribution in [3.05, 3.63) is 0 Å². The Morgan fingerprint density at radius 1 is 1.47 bits per heavy atom. The van der Waals surface area contributed by atoms with E-state index >= 15 is 0 Å². The van der Waals surface area contributed by atoms with E-state index in [1.165, 1.54) is 6.26 Å². The van der Waals surface area contributed by atoms with Gasteiger partial charge in [0, 0.05) is 18.8 Å². The highest BCUT2D eigenvalue weighted by Crippen LogP contribution is 2.14. The fraction of sp³-hybridized carbons (Fsp3) is 1.00. The molecular formula is C10H22N2O2S. The van der Waals surface area contributed by atoms with Gasteiger partial charge in [-0.05, 0) is 31.8 Å². The standard InChI is InChI=1S/C10H22N2O2S/c1-9-8-12(6-4-10(9)11)5-3-7-15(2,13)14/h9-10H,3-8,11H2,1-2H3. The monoisotopic (exact) mass is 234 g/mol. The Morgan fingerprint density at radius 3 is 2.67 bits per heavy atom. The zero-order valence-corrected chi connectivity index (χ0v) is 10.5. The van der Waals surface area contributed by atoms with E-state index in [0.717, 1.165) is 32.5 Å². The molecule has 0 amide bonds. The van der Waals surface area contributed by atoms with E-state index in [9.17, 15) is 8.42 Å². The number of likely N-dealkylation sites (tertiary alicyclic amines) is 1. The molecule has 0 aliphatic carbocycles. The van der Waals surface area contributed by atoms with E-state index in [4.69, 9.17) is 5.73 Å². The zero-order valence-electron chi connectivity index (χ0n) is 9.65. The molecule has 4 nitrogen and oxygen atoms in total. The normalized spacial score (nSPS) is 29.3. The van der Waals surface area contributed by atoms with Crippen LogP contribution in [-0.2, 0) is 9.84 Å². The molecule has 1 heterocycles. The summed E-state index contributed by atoms with van der Waals surface area (Å²) in [5, 5.41) is 0. The van der Waals surface area contributed by atoms with Crippen LogP contribution in [0.15, 0.2) is 0 Å². The molecular weight excluding hydrogens is 212 g/mol. The quantitative estimate of drug-likeness (QED) is 0.749. The van der Waals surface area contributed by atoms with Gasteiger partial charge in [-0.2, -0.15) is 0 Å². The van der Waals surface area contributed by atoms with Crippen LogP contribution in [0.1, 0.15) is 19.8 Å². The first-order valence-corrected chi connectivity index (χ1v) is 7.60. The van der Waals surface area contributed by atoms with E-state index in [-0.39, 0.29) is 0 Å². The van der Waals surface area contributed by atoms with Crippen LogP contribution in [0.3, 0.4) is 0 Å². The average molecular weight is 234 g/mol. The van der Waals surface area contributed by atoms with Gasteiger partial charge in [-0.3, -0.25) is 0 Å². The van der Waals surface area contributed by atoms with Gasteiger partial charge in [0.25, 0.3) is 0 Å². The molecule has 0 aromatic rings. The summed E-state index contributed by atoms with van der Waals surface area (Å²) in [6, 6.07) is 0.316. The van der Waals surface area contributed by atoms with Crippen LogP contribution in [-0.4, -0.2) is 51.0 Å². The second kappa shape index (κ2) is 5.27. The maximum atomic E-state index is 11.0. The molecule has 90 valence electrons. The van der Waals surface area contributed by atoms with Crippen molar-refractivity contribution >= 4 is 9.84 Å². The lowest BCUT2D eigenvalue weighted by Gasteiger charge is -2.34. The van der Waals surface area contributed by atoms with E-state index in [1.807, 2.05) is 0 Å². The summed E-state index contributed by atoms with van der Waals surface area (Å²) in [5.74, 6) is 0.821. The lowest BCUT2D eigenvalue weighted by molar-refractivity contribution is 0.165. The second-order valence-electron chi connectivity index (χ2n) is 4.71. The molecule has 0 spiro atoms. The van der Waals surface area contributed by atoms with Crippen LogP contribution in [0.5, 0.6) is 0 Å². The fourth-order valence-corrected chi connectivity index (χ4v) is 2.66. The molecule has 1 aliphatic heterocycles. The van der Waals surface area contributed by atoms with Gasteiger partial charge in [-0.1, -0.05) is 6.92 Å². The molecule has 2 atom stereocenters. The number of piperidine rings is 1. The van der Waals surface area contributed by atoms with Crippen molar-refractivity contribution in [3.8, 4) is 0 Å². The smallest absolute Gasteiger partial charge is 0.147 e. The van der Waals surface area contributed by atoms with Crippen molar-refractivity contribution < 1.29 is 8.42 Å². The third-order valence-corrected chi connectivity index (χ3v) is 4.08. The van der Waals surface area contributed by atoms with Crippen LogP contribution in [0.25, 0.3) is 0 Å². The molecule has 0 bridgehead atoms. The van der Waals surface area contributed by atoms with Gasteiger partial charge in [0.05, 0.1) is 5.75 Å². The summed E-state index contributed by atoms with van der Waals surface area (Å²) in [6.07, 6.45) is 3.06. The molecule has 2 unspecified atom stereocenters. The third-order valence-electron chi connectivity index (χ3n) is 3.05. The van der Waals surface area contributed by atoms with Gasteiger partial charge in [0.1, 0.15) is 9.84 Å². The number of nitrogens with zero attached hydrogens (tertiary/aromatic N) is 1. The van der Waals surface area contributed by atoms with Crippen LogP contribution < -0.4 is 5.73 Å². The SMILES string of the molecule is CC1CN(CCCS(C)(=O)=O)CCC1N. The zero-order chi connectivity index (χ0) is 11.5. The Bertz CT molecular complexity index is 290. The van der Waals surface area contributed by atoms with Crippen molar-refractivity contribution in [2.75, 3.05) is 31.6 Å². The first-order valence-electron chi connectivity index (χ1n) is 5.54. The van der Waals surface area contributed by atoms with Gasteiger partial charge in [-0.15, -0.1) is 0 Å². The number of nitrogens with two attached hydrogens (primary N) is 1. The van der Waals surface area contributed by atoms with E-state index < -0.39 is 9.84 Å². The van der Waals surface area contributed by atoms with Gasteiger partial charge in [-0.25, -0.2) is 8.42 Å². The summed E-state index contributed by atoms with van der Waals surface area (Å²) in [4.78, 5) is 2.32. The van der Waals surface area contributed by atoms with E-state index in [1.54, 1.807) is 0 Å². The predicted molar refractivity (Wildman–Crippen MR) is 62.5 cm³/mol. The van der Waals surface area contributed by atoms with Crippen LogP contribution in [0, 0.1) is 5.92 Å². The lowest BCUT2D eigenvalue weighted by Crippen LogP contribution is -2.46. The largest absolute Gasteiger partial charge is 0.327 e. The minimum Gasteiger partial charge on any atom is -0.327 e. The fourth-order valence-electron chi connectivity index (χ4n) is 2.00. The van der Waals surface area contributed by atoms with Crippen molar-refractivity contribution in [1.29, 1.82) is 0 Å². The summed E-state index contributed by atoms with van der Waals surface area (Å²) < 4.78 is 21.9. The highest BCUT2D eigenvalue weighted by molar-refractivity contribution is 7.90. The van der Waals surface area contributed by atoms with Gasteiger partial charge >= 0.3 is 0 Å². The van der Waals surface area contributed by atoms with Crippen LogP contribution in [0.4, 0.5) is 0 Å². The highest BCUT2D eigenvalue weighted by atomic mass is 32.2. The summed E-state index contributed by atoms with van der Waals surface area (Å²) in [7, 11) is -2.80. The molecule has 15 heavy (non-hydrogen) atoms. The first kappa shape index (κ1) is 12.9. The maximum Gasteiger partial charge on any atom is 0.147 e. The van der Waals surface area contributed by atoms with E-state index in [0.29, 0.717) is 17.7 Å². The van der Waals surface area contributed by atoms with E-state index in [2.05, 4.69) is 11.8 Å². The molecule has 1 aliphatic rings. The molecule has 0 radical (unpaired) electrons. The average Bonchev–Trinajstić information content (AvgIpc) is 2.09. The Morgan fingerprint density at radius 2 is 2.13 bits per heavy atom. The molecule has 1 fully saturated rings. The topological polar surface area (TPSA) is 63.4 Å². The van der Waals surface area contributed by atoms with Crippen molar-refractivity contribution in [2.24, 2.45) is 11.7 Å².